The number of hydrogen-bond acceptors (Lipinski definition) is 4. The number of hydrogen-bond donors (Lipinski definition) is 2. The molecule has 1 amide bonds. The van der Waals surface area contributed by atoms with E-state index in [4.69, 9.17) is 11.3 Å². The van der Waals surface area contributed by atoms with E-state index in [1.165, 1.54) is 11.8 Å². The fraction of sp³-hybridized carbons (Fsp3) is 0.200. The molecule has 0 aliphatic rings. The lowest BCUT2D eigenvalue weighted by molar-refractivity contribution is 0.0998. The maximum absolute atomic E-state index is 10.9. The Bertz CT molecular complexity index is 378. The van der Waals surface area contributed by atoms with Crippen LogP contribution in [0.15, 0.2) is 10.1 Å². The molecule has 0 fully saturated rings. The molecule has 1 rings (SSSR count). The fourth-order valence-electron chi connectivity index (χ4n) is 0.804. The Hall–Kier alpha value is -1.66. The van der Waals surface area contributed by atoms with E-state index in [2.05, 4.69) is 20.2 Å². The van der Waals surface area contributed by atoms with Gasteiger partial charge in [-0.05, 0) is 16.9 Å². The summed E-state index contributed by atoms with van der Waals surface area (Å²) < 4.78 is 0. The molecule has 13 heavy (non-hydrogen) atoms. The summed E-state index contributed by atoms with van der Waals surface area (Å²) in [6.45, 7) is 0. The van der Waals surface area contributed by atoms with Gasteiger partial charge in [0.15, 0.2) is 0 Å². The Labute approximate surface area is 77.3 Å². The van der Waals surface area contributed by atoms with Crippen molar-refractivity contribution in [3.63, 3.8) is 0 Å². The largest absolute Gasteiger partial charge is 0.365 e. The molecule has 8 heteroatoms. The highest BCUT2D eigenvalue weighted by molar-refractivity contribution is 7.98. The normalized spacial score (nSPS) is 9.31. The van der Waals surface area contributed by atoms with E-state index in [0.29, 0.717) is 5.03 Å². The predicted octanol–water partition coefficient (Wildman–Crippen LogP) is 1.17. The molecule has 0 bridgehead atoms. The van der Waals surface area contributed by atoms with E-state index < -0.39 is 5.91 Å². The third-order valence-corrected chi connectivity index (χ3v) is 1.98. The minimum absolute atomic E-state index is 0.0550. The van der Waals surface area contributed by atoms with Gasteiger partial charge in [-0.2, -0.15) is 5.10 Å². The Morgan fingerprint density at radius 3 is 3.00 bits per heavy atom. The summed E-state index contributed by atoms with van der Waals surface area (Å²) in [4.78, 5) is 13.4. The smallest absolute Gasteiger partial charge is 0.253 e. The summed E-state index contributed by atoms with van der Waals surface area (Å²) in [5.41, 5.74) is 13.4. The molecule has 0 unspecified atom stereocenters. The van der Waals surface area contributed by atoms with Gasteiger partial charge in [-0.25, -0.2) is 0 Å². The van der Waals surface area contributed by atoms with E-state index in [1.807, 2.05) is 0 Å². The van der Waals surface area contributed by atoms with Crippen molar-refractivity contribution in [1.29, 1.82) is 0 Å². The summed E-state index contributed by atoms with van der Waals surface area (Å²) in [5.74, 6) is -0.611. The van der Waals surface area contributed by atoms with E-state index >= 15 is 0 Å². The van der Waals surface area contributed by atoms with Gasteiger partial charge in [-0.1, -0.05) is 0 Å². The van der Waals surface area contributed by atoms with Crippen molar-refractivity contribution in [1.82, 2.24) is 10.2 Å². The van der Waals surface area contributed by atoms with Gasteiger partial charge in [0.25, 0.3) is 5.91 Å². The van der Waals surface area contributed by atoms with Crippen molar-refractivity contribution in [2.24, 2.45) is 10.8 Å². The lowest BCUT2D eigenvalue weighted by Crippen LogP contribution is -2.11. The second-order valence-corrected chi connectivity index (χ2v) is 2.81. The standard InChI is InChI=1S/C5H6N6OS/c1-13-5-2(3(6)12)4(8-10-5)9-11-7/h1H3,(H2,6,12)(H,8,10). The monoisotopic (exact) mass is 198 g/mol. The van der Waals surface area contributed by atoms with Crippen LogP contribution in [0.5, 0.6) is 0 Å². The number of nitrogens with one attached hydrogen (secondary N) is 1. The number of azide groups is 1. The topological polar surface area (TPSA) is 121 Å². The maximum Gasteiger partial charge on any atom is 0.253 e. The first kappa shape index (κ1) is 9.43. The predicted molar refractivity (Wildman–Crippen MR) is 47.7 cm³/mol. The van der Waals surface area contributed by atoms with Crippen LogP contribution in [0.2, 0.25) is 0 Å². The molecule has 0 saturated heterocycles. The molecule has 7 nitrogen and oxygen atoms in total. The number of aromatic amines is 1. The van der Waals surface area contributed by atoms with Gasteiger partial charge >= 0.3 is 0 Å². The minimum atomic E-state index is -0.666. The third-order valence-electron chi connectivity index (χ3n) is 1.30. The molecule has 0 saturated carbocycles. The van der Waals surface area contributed by atoms with Crippen molar-refractivity contribution in [3.05, 3.63) is 16.0 Å². The Morgan fingerprint density at radius 1 is 1.85 bits per heavy atom. The van der Waals surface area contributed by atoms with Crippen LogP contribution in [-0.2, 0) is 0 Å². The van der Waals surface area contributed by atoms with Crippen molar-refractivity contribution in [3.8, 4) is 0 Å². The second-order valence-electron chi connectivity index (χ2n) is 2.01. The number of nitrogens with two attached hydrogens (primary N) is 1. The van der Waals surface area contributed by atoms with E-state index in [-0.39, 0.29) is 11.4 Å². The summed E-state index contributed by atoms with van der Waals surface area (Å²) >= 11 is 1.24. The number of H-pyrrole nitrogens is 1. The van der Waals surface area contributed by atoms with Crippen LogP contribution >= 0.6 is 11.8 Å². The molecule has 0 aromatic carbocycles. The van der Waals surface area contributed by atoms with Gasteiger partial charge < -0.3 is 5.73 Å². The van der Waals surface area contributed by atoms with Gasteiger partial charge in [0, 0.05) is 4.91 Å². The zero-order valence-electron chi connectivity index (χ0n) is 6.68. The van der Waals surface area contributed by atoms with Crippen LogP contribution in [-0.4, -0.2) is 22.4 Å². The van der Waals surface area contributed by atoms with E-state index in [0.717, 1.165) is 0 Å². The molecule has 0 radical (unpaired) electrons. The van der Waals surface area contributed by atoms with Gasteiger partial charge in [-0.15, -0.1) is 11.8 Å². The minimum Gasteiger partial charge on any atom is -0.365 e. The van der Waals surface area contributed by atoms with Gasteiger partial charge in [-0.3, -0.25) is 9.89 Å². The van der Waals surface area contributed by atoms with Crippen molar-refractivity contribution >= 4 is 23.5 Å². The first-order valence-corrected chi connectivity index (χ1v) is 4.40. The average molecular weight is 198 g/mol. The van der Waals surface area contributed by atoms with Gasteiger partial charge in [0.1, 0.15) is 16.4 Å². The number of carbonyl (C=O) groups excluding carboxylic acids is 1. The number of rotatable bonds is 3. The fourth-order valence-corrected chi connectivity index (χ4v) is 1.34. The Balaban J connectivity index is 3.29. The molecule has 1 aromatic rings. The highest BCUT2D eigenvalue weighted by Gasteiger charge is 2.15. The van der Waals surface area contributed by atoms with Crippen LogP contribution < -0.4 is 5.73 Å². The highest BCUT2D eigenvalue weighted by atomic mass is 32.2. The molecule has 0 aliphatic heterocycles. The molecule has 0 atom stereocenters. The summed E-state index contributed by atoms with van der Waals surface area (Å²) in [6.07, 6.45) is 1.74. The summed E-state index contributed by atoms with van der Waals surface area (Å²) in [6, 6.07) is 0. The molecule has 0 spiro atoms. The molecular formula is C5H6N6OS. The van der Waals surface area contributed by atoms with Crippen molar-refractivity contribution in [2.45, 2.75) is 5.03 Å². The zero-order chi connectivity index (χ0) is 9.84. The van der Waals surface area contributed by atoms with Gasteiger partial charge in [0.05, 0.1) is 0 Å². The number of primary amides is 1. The quantitative estimate of drug-likeness (QED) is 0.328. The molecule has 1 heterocycles. The molecule has 1 aromatic heterocycles. The van der Waals surface area contributed by atoms with Crippen LogP contribution in [0.1, 0.15) is 10.4 Å². The lowest BCUT2D eigenvalue weighted by atomic mass is 10.3. The van der Waals surface area contributed by atoms with Crippen molar-refractivity contribution < 1.29 is 4.79 Å². The maximum atomic E-state index is 10.9. The Morgan fingerprint density at radius 2 is 2.54 bits per heavy atom. The molecular weight excluding hydrogens is 192 g/mol. The highest BCUT2D eigenvalue weighted by Crippen LogP contribution is 2.25. The summed E-state index contributed by atoms with van der Waals surface area (Å²) in [7, 11) is 0. The first-order valence-electron chi connectivity index (χ1n) is 3.18. The average Bonchev–Trinajstić information content (AvgIpc) is 2.48. The number of aromatic nitrogens is 2. The SMILES string of the molecule is CSc1n[nH]c(N=[N+]=[N-])c1C(N)=O. The van der Waals surface area contributed by atoms with E-state index in [9.17, 15) is 4.79 Å². The van der Waals surface area contributed by atoms with Crippen molar-refractivity contribution in [2.75, 3.05) is 6.26 Å². The molecule has 0 aliphatic carbocycles. The Kier molecular flexibility index (Phi) is 2.78. The third kappa shape index (κ3) is 1.74. The van der Waals surface area contributed by atoms with Crippen LogP contribution in [0.4, 0.5) is 5.82 Å². The number of carbonyl (C=O) groups is 1. The second kappa shape index (κ2) is 3.83. The molecule has 3 N–H and O–H groups in total. The zero-order valence-corrected chi connectivity index (χ0v) is 7.50. The number of amides is 1. The van der Waals surface area contributed by atoms with Gasteiger partial charge in [0.2, 0.25) is 0 Å². The number of thioether (sulfide) groups is 1. The van der Waals surface area contributed by atoms with Crippen LogP contribution in [0.25, 0.3) is 10.4 Å². The lowest BCUT2D eigenvalue weighted by Gasteiger charge is -1.93. The van der Waals surface area contributed by atoms with Crippen LogP contribution in [0.3, 0.4) is 0 Å². The molecule has 68 valence electrons. The van der Waals surface area contributed by atoms with E-state index in [1.54, 1.807) is 6.26 Å². The summed E-state index contributed by atoms with van der Waals surface area (Å²) in [5, 5.41) is 9.83. The van der Waals surface area contributed by atoms with Crippen LogP contribution in [0, 0.1) is 0 Å². The number of nitrogens with zero attached hydrogens (tertiary/aromatic N) is 4. The first-order chi connectivity index (χ1) is 6.20.